The van der Waals surface area contributed by atoms with Crippen molar-refractivity contribution in [3.63, 3.8) is 0 Å². The third kappa shape index (κ3) is 1.62. The molecule has 1 aromatic carbocycles. The lowest BCUT2D eigenvalue weighted by Gasteiger charge is -2.28. The molecule has 1 amide bonds. The maximum Gasteiger partial charge on any atom is 0.252 e. The first-order valence-corrected chi connectivity index (χ1v) is 4.95. The van der Waals surface area contributed by atoms with Gasteiger partial charge in [0.05, 0.1) is 11.1 Å². The van der Waals surface area contributed by atoms with Crippen molar-refractivity contribution in [2.45, 2.75) is 19.4 Å². The molecular weight excluding hydrogens is 206 g/mol. The molecule has 84 valence electrons. The highest BCUT2D eigenvalue weighted by atomic mass is 16.5. The van der Waals surface area contributed by atoms with Crippen LogP contribution >= 0.6 is 0 Å². The van der Waals surface area contributed by atoms with E-state index in [4.69, 9.17) is 10.5 Å². The summed E-state index contributed by atoms with van der Waals surface area (Å²) in [6, 6.07) is 3.10. The third-order valence-electron chi connectivity index (χ3n) is 2.47. The van der Waals surface area contributed by atoms with Gasteiger partial charge in [-0.1, -0.05) is 0 Å². The Bertz CT molecular complexity index is 489. The largest absolute Gasteiger partial charge is 0.506 e. The van der Waals surface area contributed by atoms with Gasteiger partial charge in [0.1, 0.15) is 17.1 Å². The van der Waals surface area contributed by atoms with Crippen LogP contribution in [0.25, 0.3) is 6.08 Å². The monoisotopic (exact) mass is 219 g/mol. The van der Waals surface area contributed by atoms with Crippen LogP contribution in [-0.4, -0.2) is 16.6 Å². The zero-order valence-corrected chi connectivity index (χ0v) is 9.15. The molecule has 4 heteroatoms. The van der Waals surface area contributed by atoms with Gasteiger partial charge in [-0.05, 0) is 38.1 Å². The topological polar surface area (TPSA) is 72.6 Å². The summed E-state index contributed by atoms with van der Waals surface area (Å²) in [5.41, 5.74) is 5.33. The van der Waals surface area contributed by atoms with E-state index in [-0.39, 0.29) is 11.3 Å². The molecule has 16 heavy (non-hydrogen) atoms. The second-order valence-corrected chi connectivity index (χ2v) is 4.28. The second-order valence-electron chi connectivity index (χ2n) is 4.28. The molecule has 0 fully saturated rings. The van der Waals surface area contributed by atoms with Crippen molar-refractivity contribution in [3.05, 3.63) is 29.3 Å². The molecule has 0 aromatic heterocycles. The van der Waals surface area contributed by atoms with Crippen LogP contribution in [0.5, 0.6) is 11.5 Å². The van der Waals surface area contributed by atoms with Gasteiger partial charge >= 0.3 is 0 Å². The normalized spacial score (nSPS) is 16.4. The molecule has 1 aliphatic heterocycles. The fraction of sp³-hybridized carbons (Fsp3) is 0.250. The molecule has 0 radical (unpaired) electrons. The van der Waals surface area contributed by atoms with Gasteiger partial charge in [-0.25, -0.2) is 0 Å². The molecule has 0 bridgehead atoms. The van der Waals surface area contributed by atoms with Gasteiger partial charge in [0, 0.05) is 0 Å². The van der Waals surface area contributed by atoms with Crippen LogP contribution < -0.4 is 10.5 Å². The zero-order valence-electron chi connectivity index (χ0n) is 9.15. The van der Waals surface area contributed by atoms with Crippen molar-refractivity contribution in [1.82, 2.24) is 0 Å². The molecule has 1 aromatic rings. The summed E-state index contributed by atoms with van der Waals surface area (Å²) in [4.78, 5) is 11.0. The summed E-state index contributed by atoms with van der Waals surface area (Å²) < 4.78 is 5.64. The van der Waals surface area contributed by atoms with E-state index in [0.717, 1.165) is 0 Å². The molecule has 0 saturated heterocycles. The van der Waals surface area contributed by atoms with E-state index in [2.05, 4.69) is 0 Å². The Morgan fingerprint density at radius 2 is 2.12 bits per heavy atom. The number of fused-ring (bicyclic) bond motifs is 1. The van der Waals surface area contributed by atoms with Gasteiger partial charge in [-0.3, -0.25) is 4.79 Å². The molecule has 1 aliphatic rings. The summed E-state index contributed by atoms with van der Waals surface area (Å²) >= 11 is 0. The van der Waals surface area contributed by atoms with Crippen molar-refractivity contribution < 1.29 is 14.6 Å². The number of nitrogens with two attached hydrogens (primary N) is 1. The number of rotatable bonds is 1. The summed E-state index contributed by atoms with van der Waals surface area (Å²) in [5.74, 6) is -0.231. The van der Waals surface area contributed by atoms with Gasteiger partial charge in [0.15, 0.2) is 0 Å². The van der Waals surface area contributed by atoms with E-state index >= 15 is 0 Å². The Morgan fingerprint density at radius 3 is 2.75 bits per heavy atom. The molecule has 0 spiro atoms. The standard InChI is InChI=1S/C12H13NO3/c1-12(2)6-5-7-9(16-12)4-3-8(10(7)14)11(13)15/h3-6,14H,1-2H3,(H2,13,15). The van der Waals surface area contributed by atoms with Crippen LogP contribution in [0.4, 0.5) is 0 Å². The third-order valence-corrected chi connectivity index (χ3v) is 2.47. The predicted octanol–water partition coefficient (Wildman–Crippen LogP) is 1.68. The number of hydrogen-bond donors (Lipinski definition) is 2. The van der Waals surface area contributed by atoms with Crippen LogP contribution in [0.2, 0.25) is 0 Å². The fourth-order valence-electron chi connectivity index (χ4n) is 1.64. The van der Waals surface area contributed by atoms with Gasteiger partial charge in [-0.15, -0.1) is 0 Å². The fourth-order valence-corrected chi connectivity index (χ4v) is 1.64. The Hall–Kier alpha value is -1.97. The first-order valence-electron chi connectivity index (χ1n) is 4.95. The highest BCUT2D eigenvalue weighted by Crippen LogP contribution is 2.38. The van der Waals surface area contributed by atoms with E-state index in [1.807, 2.05) is 19.9 Å². The molecule has 4 nitrogen and oxygen atoms in total. The lowest BCUT2D eigenvalue weighted by molar-refractivity contribution is 0.0997. The quantitative estimate of drug-likeness (QED) is 0.754. The Morgan fingerprint density at radius 1 is 1.44 bits per heavy atom. The second kappa shape index (κ2) is 3.27. The van der Waals surface area contributed by atoms with Crippen molar-refractivity contribution in [2.24, 2.45) is 5.73 Å². The zero-order chi connectivity index (χ0) is 11.9. The summed E-state index contributed by atoms with van der Waals surface area (Å²) in [7, 11) is 0. The minimum atomic E-state index is -0.654. The van der Waals surface area contributed by atoms with E-state index in [0.29, 0.717) is 11.3 Å². The smallest absolute Gasteiger partial charge is 0.252 e. The van der Waals surface area contributed by atoms with Crippen LogP contribution in [0.3, 0.4) is 0 Å². The number of ether oxygens (including phenoxy) is 1. The van der Waals surface area contributed by atoms with Crippen LogP contribution in [0, 0.1) is 0 Å². The summed E-state index contributed by atoms with van der Waals surface area (Å²) in [5, 5.41) is 9.84. The van der Waals surface area contributed by atoms with E-state index < -0.39 is 11.5 Å². The van der Waals surface area contributed by atoms with Crippen LogP contribution in [0.15, 0.2) is 18.2 Å². The predicted molar refractivity (Wildman–Crippen MR) is 60.4 cm³/mol. The Labute approximate surface area is 93.3 Å². The summed E-state index contributed by atoms with van der Waals surface area (Å²) in [6.45, 7) is 3.82. The average molecular weight is 219 g/mol. The lowest BCUT2D eigenvalue weighted by Crippen LogP contribution is -2.27. The van der Waals surface area contributed by atoms with E-state index in [9.17, 15) is 9.90 Å². The molecule has 0 aliphatic carbocycles. The van der Waals surface area contributed by atoms with Gasteiger partial charge < -0.3 is 15.6 Å². The maximum absolute atomic E-state index is 11.0. The summed E-state index contributed by atoms with van der Waals surface area (Å²) in [6.07, 6.45) is 3.56. The first-order chi connectivity index (χ1) is 7.41. The first kappa shape index (κ1) is 10.5. The number of carbonyl (C=O) groups is 1. The van der Waals surface area contributed by atoms with Crippen LogP contribution in [-0.2, 0) is 0 Å². The lowest BCUT2D eigenvalue weighted by atomic mass is 9.99. The number of phenols is 1. The van der Waals surface area contributed by atoms with Crippen LogP contribution in [0.1, 0.15) is 29.8 Å². The number of amides is 1. The molecule has 0 saturated carbocycles. The highest BCUT2D eigenvalue weighted by Gasteiger charge is 2.25. The number of primary amides is 1. The SMILES string of the molecule is CC1(C)C=Cc2c(ccc(C(N)=O)c2O)O1. The molecule has 0 unspecified atom stereocenters. The number of benzene rings is 1. The maximum atomic E-state index is 11.0. The van der Waals surface area contributed by atoms with E-state index in [1.54, 1.807) is 12.1 Å². The molecule has 3 N–H and O–H groups in total. The molecular formula is C12H13NO3. The highest BCUT2D eigenvalue weighted by molar-refractivity contribution is 5.97. The van der Waals surface area contributed by atoms with Crippen molar-refractivity contribution in [3.8, 4) is 11.5 Å². The van der Waals surface area contributed by atoms with Crippen molar-refractivity contribution in [1.29, 1.82) is 0 Å². The van der Waals surface area contributed by atoms with Crippen molar-refractivity contribution >= 4 is 12.0 Å². The number of carbonyl (C=O) groups excluding carboxylic acids is 1. The average Bonchev–Trinajstić information content (AvgIpc) is 2.15. The molecule has 0 atom stereocenters. The minimum absolute atomic E-state index is 0.103. The van der Waals surface area contributed by atoms with Gasteiger partial charge in [0.2, 0.25) is 0 Å². The molecule has 2 rings (SSSR count). The van der Waals surface area contributed by atoms with E-state index in [1.165, 1.54) is 6.07 Å². The Balaban J connectivity index is 2.57. The number of hydrogen-bond acceptors (Lipinski definition) is 3. The minimum Gasteiger partial charge on any atom is -0.506 e. The Kier molecular flexibility index (Phi) is 2.15. The van der Waals surface area contributed by atoms with Gasteiger partial charge in [0.25, 0.3) is 5.91 Å². The molecule has 1 heterocycles. The van der Waals surface area contributed by atoms with Gasteiger partial charge in [-0.2, -0.15) is 0 Å². The number of aromatic hydroxyl groups is 1. The van der Waals surface area contributed by atoms with Crippen molar-refractivity contribution in [2.75, 3.05) is 0 Å².